The number of thioether (sulfide) groups is 1. The SMILES string of the molecule is C[C@H]1CCN(C(=O)COC(=O)c2ccc([N+](=O)[O-])cc2)c2ccccc2S1. The molecule has 0 saturated heterocycles. The average Bonchev–Trinajstić information content (AvgIpc) is 2.84. The van der Waals surface area contributed by atoms with Gasteiger partial charge < -0.3 is 9.64 Å². The van der Waals surface area contributed by atoms with Crippen molar-refractivity contribution in [3.63, 3.8) is 0 Å². The third-order valence-corrected chi connectivity index (χ3v) is 5.42. The minimum absolute atomic E-state index is 0.115. The van der Waals surface area contributed by atoms with Crippen LogP contribution < -0.4 is 4.90 Å². The normalized spacial score (nSPS) is 16.2. The Morgan fingerprint density at radius 2 is 1.93 bits per heavy atom. The number of nitro benzene ring substituents is 1. The predicted molar refractivity (Wildman–Crippen MR) is 102 cm³/mol. The van der Waals surface area contributed by atoms with E-state index in [-0.39, 0.29) is 23.8 Å². The standard InChI is InChI=1S/C19H18N2O5S/c1-13-10-11-20(16-4-2-3-5-17(16)27-13)18(22)12-26-19(23)14-6-8-15(9-7-14)21(24)25/h2-9,13H,10-12H2,1H3/t13-/m0/s1. The molecule has 0 aromatic heterocycles. The number of hydrogen-bond donors (Lipinski definition) is 0. The summed E-state index contributed by atoms with van der Waals surface area (Å²) < 4.78 is 5.12. The van der Waals surface area contributed by atoms with Crippen molar-refractivity contribution in [2.24, 2.45) is 0 Å². The van der Waals surface area contributed by atoms with Gasteiger partial charge in [0.15, 0.2) is 6.61 Å². The first-order valence-electron chi connectivity index (χ1n) is 8.43. The first-order chi connectivity index (χ1) is 13.0. The van der Waals surface area contributed by atoms with Gasteiger partial charge in [-0.05, 0) is 30.7 Å². The van der Waals surface area contributed by atoms with Gasteiger partial charge in [0.2, 0.25) is 0 Å². The summed E-state index contributed by atoms with van der Waals surface area (Å²) in [6, 6.07) is 12.7. The van der Waals surface area contributed by atoms with Crippen molar-refractivity contribution in [3.8, 4) is 0 Å². The molecule has 0 bridgehead atoms. The van der Waals surface area contributed by atoms with E-state index < -0.39 is 10.9 Å². The number of carbonyl (C=O) groups is 2. The fourth-order valence-corrected chi connectivity index (χ4v) is 3.87. The lowest BCUT2D eigenvalue weighted by molar-refractivity contribution is -0.384. The van der Waals surface area contributed by atoms with E-state index in [1.165, 1.54) is 24.3 Å². The molecule has 1 amide bonds. The molecule has 2 aromatic carbocycles. The van der Waals surface area contributed by atoms with Crippen molar-refractivity contribution in [3.05, 3.63) is 64.2 Å². The fraction of sp³-hybridized carbons (Fsp3) is 0.263. The number of non-ortho nitro benzene ring substituents is 1. The van der Waals surface area contributed by atoms with E-state index in [1.807, 2.05) is 24.3 Å². The Bertz CT molecular complexity index is 869. The van der Waals surface area contributed by atoms with Crippen LogP contribution in [0.5, 0.6) is 0 Å². The van der Waals surface area contributed by atoms with Crippen molar-refractivity contribution in [2.75, 3.05) is 18.1 Å². The van der Waals surface area contributed by atoms with Gasteiger partial charge in [-0.15, -0.1) is 11.8 Å². The largest absolute Gasteiger partial charge is 0.452 e. The van der Waals surface area contributed by atoms with Crippen molar-refractivity contribution in [1.82, 2.24) is 0 Å². The molecule has 0 unspecified atom stereocenters. The molecule has 2 aromatic rings. The highest BCUT2D eigenvalue weighted by atomic mass is 32.2. The van der Waals surface area contributed by atoms with Crippen molar-refractivity contribution in [2.45, 2.75) is 23.5 Å². The quantitative estimate of drug-likeness (QED) is 0.452. The Morgan fingerprint density at radius 3 is 2.63 bits per heavy atom. The molecule has 0 N–H and O–H groups in total. The van der Waals surface area contributed by atoms with Crippen LogP contribution in [0.1, 0.15) is 23.7 Å². The highest BCUT2D eigenvalue weighted by Gasteiger charge is 2.25. The van der Waals surface area contributed by atoms with Gasteiger partial charge in [-0.1, -0.05) is 19.1 Å². The number of amides is 1. The summed E-state index contributed by atoms with van der Waals surface area (Å²) in [4.78, 5) is 37.5. The molecular weight excluding hydrogens is 368 g/mol. The van der Waals surface area contributed by atoms with E-state index in [0.717, 1.165) is 17.0 Å². The van der Waals surface area contributed by atoms with Gasteiger partial charge in [0.1, 0.15) is 0 Å². The molecule has 7 nitrogen and oxygen atoms in total. The Kier molecular flexibility index (Phi) is 5.75. The first kappa shape index (κ1) is 18.9. The molecule has 1 heterocycles. The van der Waals surface area contributed by atoms with Crippen molar-refractivity contribution in [1.29, 1.82) is 0 Å². The van der Waals surface area contributed by atoms with Crippen molar-refractivity contribution < 1.29 is 19.2 Å². The van der Waals surface area contributed by atoms with Crippen LogP contribution in [-0.2, 0) is 9.53 Å². The summed E-state index contributed by atoms with van der Waals surface area (Å²) in [7, 11) is 0. The smallest absolute Gasteiger partial charge is 0.338 e. The number of carbonyl (C=O) groups excluding carboxylic acids is 2. The molecule has 0 spiro atoms. The van der Waals surface area contributed by atoms with Gasteiger partial charge in [-0.2, -0.15) is 0 Å². The van der Waals surface area contributed by atoms with Gasteiger partial charge in [0.05, 0.1) is 16.2 Å². The average molecular weight is 386 g/mol. The fourth-order valence-electron chi connectivity index (χ4n) is 2.75. The number of nitro groups is 1. The monoisotopic (exact) mass is 386 g/mol. The summed E-state index contributed by atoms with van der Waals surface area (Å²) in [6.45, 7) is 2.28. The maximum atomic E-state index is 12.6. The summed E-state index contributed by atoms with van der Waals surface area (Å²) in [5, 5.41) is 11.0. The van der Waals surface area contributed by atoms with Crippen LogP contribution in [0.3, 0.4) is 0 Å². The zero-order valence-electron chi connectivity index (χ0n) is 14.7. The summed E-state index contributed by atoms with van der Waals surface area (Å²) >= 11 is 1.72. The molecular formula is C19H18N2O5S. The van der Waals surface area contributed by atoms with Crippen LogP contribution in [0.4, 0.5) is 11.4 Å². The lowest BCUT2D eigenvalue weighted by Crippen LogP contribution is -2.35. The number of anilines is 1. The summed E-state index contributed by atoms with van der Waals surface area (Å²) in [5.41, 5.74) is 0.868. The number of esters is 1. The third-order valence-electron chi connectivity index (χ3n) is 4.19. The number of para-hydroxylation sites is 1. The molecule has 0 aliphatic carbocycles. The molecule has 3 rings (SSSR count). The first-order valence-corrected chi connectivity index (χ1v) is 9.31. The number of rotatable bonds is 4. The second-order valence-electron chi connectivity index (χ2n) is 6.11. The Balaban J connectivity index is 1.67. The Labute approximate surface area is 160 Å². The maximum Gasteiger partial charge on any atom is 0.338 e. The summed E-state index contributed by atoms with van der Waals surface area (Å²) in [5.74, 6) is -0.989. The molecule has 1 aliphatic rings. The summed E-state index contributed by atoms with van der Waals surface area (Å²) in [6.07, 6.45) is 0.835. The molecule has 8 heteroatoms. The Morgan fingerprint density at radius 1 is 1.22 bits per heavy atom. The molecule has 27 heavy (non-hydrogen) atoms. The van der Waals surface area contributed by atoms with E-state index in [9.17, 15) is 19.7 Å². The number of ether oxygens (including phenoxy) is 1. The van der Waals surface area contributed by atoms with Crippen LogP contribution in [-0.4, -0.2) is 35.2 Å². The molecule has 140 valence electrons. The molecule has 1 aliphatic heterocycles. The van der Waals surface area contributed by atoms with Gasteiger partial charge in [-0.3, -0.25) is 14.9 Å². The second kappa shape index (κ2) is 8.22. The van der Waals surface area contributed by atoms with Crippen LogP contribution in [0.15, 0.2) is 53.4 Å². The number of nitrogens with zero attached hydrogens (tertiary/aromatic N) is 2. The topological polar surface area (TPSA) is 89.8 Å². The van der Waals surface area contributed by atoms with Crippen LogP contribution in [0.2, 0.25) is 0 Å². The highest BCUT2D eigenvalue weighted by Crippen LogP contribution is 2.37. The lowest BCUT2D eigenvalue weighted by atomic mass is 10.2. The van der Waals surface area contributed by atoms with Gasteiger partial charge in [0.25, 0.3) is 11.6 Å². The Hall–Kier alpha value is -2.87. The number of benzene rings is 2. The highest BCUT2D eigenvalue weighted by molar-refractivity contribution is 8.00. The zero-order chi connectivity index (χ0) is 19.4. The van der Waals surface area contributed by atoms with E-state index >= 15 is 0 Å². The van der Waals surface area contributed by atoms with E-state index in [1.54, 1.807) is 16.7 Å². The van der Waals surface area contributed by atoms with Crippen molar-refractivity contribution >= 4 is 35.0 Å². The minimum atomic E-state index is -0.691. The van der Waals surface area contributed by atoms with Gasteiger partial charge >= 0.3 is 5.97 Å². The lowest BCUT2D eigenvalue weighted by Gasteiger charge is -2.22. The van der Waals surface area contributed by atoms with Gasteiger partial charge in [0, 0.05) is 28.8 Å². The van der Waals surface area contributed by atoms with E-state index in [2.05, 4.69) is 6.92 Å². The molecule has 0 fully saturated rings. The van der Waals surface area contributed by atoms with Crippen LogP contribution in [0, 0.1) is 10.1 Å². The zero-order valence-corrected chi connectivity index (χ0v) is 15.5. The van der Waals surface area contributed by atoms with Crippen LogP contribution >= 0.6 is 11.8 Å². The molecule has 0 radical (unpaired) electrons. The van der Waals surface area contributed by atoms with Crippen LogP contribution in [0.25, 0.3) is 0 Å². The maximum absolute atomic E-state index is 12.6. The van der Waals surface area contributed by atoms with E-state index in [0.29, 0.717) is 11.8 Å². The third kappa shape index (κ3) is 4.46. The minimum Gasteiger partial charge on any atom is -0.452 e. The molecule has 1 atom stereocenters. The molecule has 0 saturated carbocycles. The number of fused-ring (bicyclic) bond motifs is 1. The second-order valence-corrected chi connectivity index (χ2v) is 7.59. The predicted octanol–water partition coefficient (Wildman–Crippen LogP) is 3.67. The van der Waals surface area contributed by atoms with Gasteiger partial charge in [-0.25, -0.2) is 4.79 Å². The number of hydrogen-bond acceptors (Lipinski definition) is 6. The van der Waals surface area contributed by atoms with E-state index in [4.69, 9.17) is 4.74 Å².